The fourth-order valence-corrected chi connectivity index (χ4v) is 18.4. The molecule has 0 bridgehead atoms. The summed E-state index contributed by atoms with van der Waals surface area (Å²) in [5.74, 6) is 0.822. The van der Waals surface area contributed by atoms with Gasteiger partial charge in [-0.1, -0.05) is 219 Å². The lowest BCUT2D eigenvalue weighted by Crippen LogP contribution is -2.37. The zero-order chi connectivity index (χ0) is 41.8. The highest BCUT2D eigenvalue weighted by Crippen LogP contribution is 2.54. The molecule has 0 N–H and O–H groups in total. The van der Waals surface area contributed by atoms with Crippen molar-refractivity contribution in [2.24, 2.45) is 5.92 Å². The Balaban J connectivity index is 0.000000191. The molecule has 2 saturated heterocycles. The maximum absolute atomic E-state index is 12.0. The Morgan fingerprint density at radius 1 is 0.475 bits per heavy atom. The van der Waals surface area contributed by atoms with Gasteiger partial charge in [0.25, 0.3) is 0 Å². The summed E-state index contributed by atoms with van der Waals surface area (Å²) >= 11 is 0. The molecular formula is C55H57N2OP3. The smallest absolute Gasteiger partial charge is 0.219 e. The molecule has 0 aromatic heterocycles. The molecule has 7 aromatic carbocycles. The third-order valence-electron chi connectivity index (χ3n) is 11.9. The van der Waals surface area contributed by atoms with Crippen molar-refractivity contribution in [2.45, 2.75) is 44.2 Å². The third-order valence-corrected chi connectivity index (χ3v) is 20.6. The number of carbonyl (C=O) groups excluding carboxylic acids is 1. The van der Waals surface area contributed by atoms with Gasteiger partial charge < -0.3 is 4.90 Å². The molecule has 308 valence electrons. The van der Waals surface area contributed by atoms with Gasteiger partial charge in [-0.2, -0.15) is 0 Å². The van der Waals surface area contributed by atoms with E-state index in [1.165, 1.54) is 37.4 Å². The maximum atomic E-state index is 12.0. The topological polar surface area (TPSA) is 23.6 Å². The minimum Gasteiger partial charge on any atom is -0.339 e. The summed E-state index contributed by atoms with van der Waals surface area (Å²) in [5.41, 5.74) is 2.52. The fourth-order valence-electron chi connectivity index (χ4n) is 9.24. The number of benzene rings is 7. The number of amides is 1. The van der Waals surface area contributed by atoms with E-state index in [1.807, 2.05) is 0 Å². The number of likely N-dealkylation sites (tertiary alicyclic amines) is 2. The van der Waals surface area contributed by atoms with Gasteiger partial charge in [0, 0.05) is 50.5 Å². The van der Waals surface area contributed by atoms with E-state index in [4.69, 9.17) is 0 Å². The summed E-state index contributed by atoms with van der Waals surface area (Å²) in [4.78, 5) is 16.8. The number of hydrogen-bond acceptors (Lipinski definition) is 2. The van der Waals surface area contributed by atoms with Crippen LogP contribution in [0.5, 0.6) is 0 Å². The van der Waals surface area contributed by atoms with Gasteiger partial charge in [0.2, 0.25) is 5.91 Å². The van der Waals surface area contributed by atoms with Crippen LogP contribution in [0.15, 0.2) is 212 Å². The lowest BCUT2D eigenvalue weighted by atomic mass is 10.1. The summed E-state index contributed by atoms with van der Waals surface area (Å²) < 4.78 is 0. The summed E-state index contributed by atoms with van der Waals surface area (Å²) in [5, 5.41) is 8.75. The summed E-state index contributed by atoms with van der Waals surface area (Å²) in [6, 6.07) is 78.2. The molecule has 2 aliphatic heterocycles. The van der Waals surface area contributed by atoms with Crippen LogP contribution in [0.1, 0.15) is 25.8 Å². The Morgan fingerprint density at radius 3 is 1.15 bits per heavy atom. The van der Waals surface area contributed by atoms with E-state index < -0.39 is 23.8 Å². The zero-order valence-corrected chi connectivity index (χ0v) is 38.1. The molecule has 3 nitrogen and oxygen atoms in total. The SMILES string of the molecule is CC(=O)N1CC(C)C[C@H]1CP(c1ccccc1)c1ccccc1.c1ccc(CN2C[C@@H](P(c3ccccc3)c3ccccc3)[C@H](P(c3ccccc3)c3ccccc3)C2)cc1. The van der Waals surface area contributed by atoms with Crippen molar-refractivity contribution in [1.82, 2.24) is 9.80 Å². The van der Waals surface area contributed by atoms with Crippen LogP contribution < -0.4 is 31.8 Å². The fraction of sp³-hybridized carbons (Fsp3) is 0.218. The van der Waals surface area contributed by atoms with Crippen LogP contribution >= 0.6 is 23.8 Å². The molecule has 6 heteroatoms. The lowest BCUT2D eigenvalue weighted by molar-refractivity contribution is -0.129. The van der Waals surface area contributed by atoms with E-state index in [1.54, 1.807) is 6.92 Å². The van der Waals surface area contributed by atoms with Crippen LogP contribution in [0.4, 0.5) is 0 Å². The van der Waals surface area contributed by atoms with Crippen LogP contribution in [0.3, 0.4) is 0 Å². The molecule has 1 unspecified atom stereocenters. The second kappa shape index (κ2) is 21.4. The van der Waals surface area contributed by atoms with Crippen molar-refractivity contribution in [1.29, 1.82) is 0 Å². The van der Waals surface area contributed by atoms with Crippen molar-refractivity contribution in [3.05, 3.63) is 218 Å². The molecule has 0 aliphatic carbocycles. The van der Waals surface area contributed by atoms with Crippen molar-refractivity contribution in [2.75, 3.05) is 25.8 Å². The highest BCUT2D eigenvalue weighted by Gasteiger charge is 2.44. The Morgan fingerprint density at radius 2 is 0.803 bits per heavy atom. The summed E-state index contributed by atoms with van der Waals surface area (Å²) in [7, 11) is -1.49. The van der Waals surface area contributed by atoms with Crippen molar-refractivity contribution >= 4 is 61.5 Å². The quantitative estimate of drug-likeness (QED) is 0.114. The molecule has 0 radical (unpaired) electrons. The second-order valence-corrected chi connectivity index (χ2v) is 23.5. The first-order valence-corrected chi connectivity index (χ1v) is 26.1. The van der Waals surface area contributed by atoms with E-state index in [2.05, 4.69) is 229 Å². The molecule has 0 spiro atoms. The van der Waals surface area contributed by atoms with E-state index in [0.29, 0.717) is 23.3 Å². The van der Waals surface area contributed by atoms with Crippen LogP contribution in [0.25, 0.3) is 0 Å². The monoisotopic (exact) mass is 854 g/mol. The normalized spacial score (nSPS) is 18.9. The van der Waals surface area contributed by atoms with Gasteiger partial charge in [0.05, 0.1) is 0 Å². The van der Waals surface area contributed by atoms with Gasteiger partial charge >= 0.3 is 0 Å². The Labute approximate surface area is 368 Å². The number of hydrogen-bond donors (Lipinski definition) is 0. The molecule has 7 aromatic rings. The molecule has 2 aliphatic rings. The molecule has 61 heavy (non-hydrogen) atoms. The van der Waals surface area contributed by atoms with Gasteiger partial charge in [-0.05, 0) is 79.7 Å². The van der Waals surface area contributed by atoms with Crippen molar-refractivity contribution in [3.63, 3.8) is 0 Å². The van der Waals surface area contributed by atoms with Gasteiger partial charge in [-0.25, -0.2) is 0 Å². The lowest BCUT2D eigenvalue weighted by Gasteiger charge is -2.34. The zero-order valence-electron chi connectivity index (χ0n) is 35.4. The van der Waals surface area contributed by atoms with Gasteiger partial charge in [0.15, 0.2) is 0 Å². The first-order chi connectivity index (χ1) is 30.0. The largest absolute Gasteiger partial charge is 0.339 e. The van der Waals surface area contributed by atoms with Gasteiger partial charge in [-0.3, -0.25) is 9.69 Å². The average molecular weight is 855 g/mol. The number of nitrogens with zero attached hydrogens (tertiary/aromatic N) is 2. The molecule has 0 saturated carbocycles. The van der Waals surface area contributed by atoms with Crippen LogP contribution in [-0.4, -0.2) is 58.9 Å². The van der Waals surface area contributed by atoms with E-state index >= 15 is 0 Å². The molecule has 1 amide bonds. The maximum Gasteiger partial charge on any atom is 0.219 e. The Bertz CT molecular complexity index is 2150. The van der Waals surface area contributed by atoms with Crippen LogP contribution in [0, 0.1) is 5.92 Å². The summed E-state index contributed by atoms with van der Waals surface area (Å²) in [6.45, 7) is 8.11. The van der Waals surface area contributed by atoms with Crippen molar-refractivity contribution < 1.29 is 4.79 Å². The van der Waals surface area contributed by atoms with E-state index in [9.17, 15) is 4.79 Å². The molecule has 2 heterocycles. The first kappa shape index (κ1) is 42.9. The molecular weight excluding hydrogens is 798 g/mol. The minimum absolute atomic E-state index is 0.218. The minimum atomic E-state index is -0.531. The highest BCUT2D eigenvalue weighted by molar-refractivity contribution is 7.77. The van der Waals surface area contributed by atoms with Crippen LogP contribution in [-0.2, 0) is 11.3 Å². The number of rotatable bonds is 12. The van der Waals surface area contributed by atoms with Crippen molar-refractivity contribution in [3.8, 4) is 0 Å². The predicted molar refractivity (Wildman–Crippen MR) is 266 cm³/mol. The Hall–Kier alpha value is -4.74. The van der Waals surface area contributed by atoms with Gasteiger partial charge in [-0.15, -0.1) is 0 Å². The Kier molecular flexibility index (Phi) is 15.0. The highest BCUT2D eigenvalue weighted by atomic mass is 31.1. The molecule has 4 atom stereocenters. The standard InChI is InChI=1S/C35H33NP2.C20H24NOP/c1-6-16-29(17-7-1)26-36-27-34(37(30-18-8-2-9-19-30)31-20-10-3-11-21-31)35(28-36)38(32-22-12-4-13-23-32)33-24-14-5-15-25-33;1-16-13-18(21(14-16)17(2)22)15-23(19-9-5-3-6-10-19)20-11-7-4-8-12-20/h1-25,34-35H,26-28H2;3-12,16,18H,13-15H2,1-2H3/t34-,35-;16?,18-/m10/s1. The second-order valence-electron chi connectivity index (χ2n) is 16.3. The van der Waals surface area contributed by atoms with Gasteiger partial charge in [0.1, 0.15) is 0 Å². The summed E-state index contributed by atoms with van der Waals surface area (Å²) in [6.07, 6.45) is 2.19. The third kappa shape index (κ3) is 11.0. The predicted octanol–water partition coefficient (Wildman–Crippen LogP) is 9.88. The van der Waals surface area contributed by atoms with E-state index in [0.717, 1.165) is 38.8 Å². The van der Waals surface area contributed by atoms with Crippen LogP contribution in [0.2, 0.25) is 0 Å². The average Bonchev–Trinajstić information content (AvgIpc) is 3.90. The molecule has 2 fully saturated rings. The molecule has 9 rings (SSSR count). The van der Waals surface area contributed by atoms with E-state index in [-0.39, 0.29) is 5.91 Å². The number of carbonyl (C=O) groups is 1. The first-order valence-electron chi connectivity index (χ1n) is 21.7.